The summed E-state index contributed by atoms with van der Waals surface area (Å²) in [6, 6.07) is 5.48. The van der Waals surface area contributed by atoms with Crippen LogP contribution in [0.5, 0.6) is 5.75 Å². The van der Waals surface area contributed by atoms with E-state index in [4.69, 9.17) is 5.11 Å². The van der Waals surface area contributed by atoms with Gasteiger partial charge in [0.2, 0.25) is 0 Å². The van der Waals surface area contributed by atoms with Gasteiger partial charge in [-0.2, -0.15) is 21.6 Å². The van der Waals surface area contributed by atoms with Gasteiger partial charge in [0.25, 0.3) is 0 Å². The van der Waals surface area contributed by atoms with E-state index in [1.54, 1.807) is 12.1 Å². The number of carboxylic acid groups (broad SMARTS) is 1. The van der Waals surface area contributed by atoms with Crippen molar-refractivity contribution in [3.8, 4) is 5.75 Å². The van der Waals surface area contributed by atoms with Gasteiger partial charge in [-0.15, -0.1) is 0 Å². The maximum absolute atomic E-state index is 12.3. The van der Waals surface area contributed by atoms with E-state index >= 15 is 0 Å². The third kappa shape index (κ3) is 4.62. The lowest BCUT2D eigenvalue weighted by molar-refractivity contribution is -0.138. The molecule has 0 heterocycles. The zero-order valence-corrected chi connectivity index (χ0v) is 13.4. The van der Waals surface area contributed by atoms with Crippen LogP contribution < -0.4 is 4.18 Å². The highest BCUT2D eigenvalue weighted by molar-refractivity contribution is 7.87. The number of carbonyl (C=O) groups is 1. The van der Waals surface area contributed by atoms with Crippen LogP contribution in [0.2, 0.25) is 0 Å². The molecule has 1 aromatic rings. The molecule has 0 radical (unpaired) electrons. The van der Waals surface area contributed by atoms with Crippen molar-refractivity contribution in [1.82, 2.24) is 0 Å². The maximum Gasteiger partial charge on any atom is 0.534 e. The Morgan fingerprint density at radius 3 is 2.12 bits per heavy atom. The Hall–Kier alpha value is -1.77. The van der Waals surface area contributed by atoms with Gasteiger partial charge < -0.3 is 9.29 Å². The lowest BCUT2D eigenvalue weighted by Crippen LogP contribution is -2.28. The molecule has 0 unspecified atom stereocenters. The SMILES string of the molecule is O=C(O)C[C@H]1CC[C@H](c2ccc(OS(=O)(=O)C(F)(F)F)cc2)CC1. The Labute approximate surface area is 137 Å². The molecule has 0 saturated heterocycles. The highest BCUT2D eigenvalue weighted by atomic mass is 32.2. The molecule has 5 nitrogen and oxygen atoms in total. The molecule has 1 fully saturated rings. The fourth-order valence-electron chi connectivity index (χ4n) is 2.92. The molecule has 1 N–H and O–H groups in total. The minimum atomic E-state index is -5.66. The van der Waals surface area contributed by atoms with Gasteiger partial charge in [0.15, 0.2) is 0 Å². The molecule has 134 valence electrons. The second kappa shape index (κ2) is 7.00. The Bertz CT molecular complexity index is 674. The molecule has 0 bridgehead atoms. The molecule has 0 atom stereocenters. The monoisotopic (exact) mass is 366 g/mol. The Balaban J connectivity index is 1.97. The summed E-state index contributed by atoms with van der Waals surface area (Å²) in [5.74, 6) is -0.872. The van der Waals surface area contributed by atoms with Crippen molar-refractivity contribution in [2.75, 3.05) is 0 Å². The van der Waals surface area contributed by atoms with Crippen LogP contribution in [0.15, 0.2) is 24.3 Å². The molecule has 1 aliphatic rings. The molecule has 9 heteroatoms. The van der Waals surface area contributed by atoms with Crippen molar-refractivity contribution < 1.29 is 35.7 Å². The lowest BCUT2D eigenvalue weighted by Gasteiger charge is -2.28. The molecule has 2 rings (SSSR count). The van der Waals surface area contributed by atoms with Gasteiger partial charge in [0.1, 0.15) is 5.75 Å². The number of hydrogen-bond acceptors (Lipinski definition) is 4. The summed E-state index contributed by atoms with van der Waals surface area (Å²) in [4.78, 5) is 10.7. The van der Waals surface area contributed by atoms with E-state index in [1.165, 1.54) is 12.1 Å². The van der Waals surface area contributed by atoms with Gasteiger partial charge >= 0.3 is 21.6 Å². The quantitative estimate of drug-likeness (QED) is 0.635. The molecule has 1 aliphatic carbocycles. The maximum atomic E-state index is 12.3. The number of rotatable bonds is 5. The number of aliphatic carboxylic acids is 1. The third-order valence-electron chi connectivity index (χ3n) is 4.15. The summed E-state index contributed by atoms with van der Waals surface area (Å²) in [5.41, 5.74) is -4.59. The number of benzene rings is 1. The van der Waals surface area contributed by atoms with Crippen molar-refractivity contribution in [1.29, 1.82) is 0 Å². The molecule has 0 amide bonds. The van der Waals surface area contributed by atoms with Gasteiger partial charge in [-0.3, -0.25) is 4.79 Å². The fourth-order valence-corrected chi connectivity index (χ4v) is 3.38. The predicted octanol–water partition coefficient (Wildman–Crippen LogP) is 3.66. The summed E-state index contributed by atoms with van der Waals surface area (Å²) in [7, 11) is -5.66. The Kier molecular flexibility index (Phi) is 5.42. The van der Waals surface area contributed by atoms with Crippen LogP contribution in [0.4, 0.5) is 13.2 Å². The van der Waals surface area contributed by atoms with Gasteiger partial charge in [0, 0.05) is 6.42 Å². The van der Waals surface area contributed by atoms with Gasteiger partial charge in [-0.1, -0.05) is 12.1 Å². The zero-order chi connectivity index (χ0) is 18.0. The minimum absolute atomic E-state index is 0.148. The van der Waals surface area contributed by atoms with E-state index in [-0.39, 0.29) is 18.3 Å². The number of halogens is 3. The van der Waals surface area contributed by atoms with Crippen LogP contribution >= 0.6 is 0 Å². The summed E-state index contributed by atoms with van der Waals surface area (Å²) >= 11 is 0. The van der Waals surface area contributed by atoms with E-state index in [0.29, 0.717) is 0 Å². The first-order valence-corrected chi connectivity index (χ1v) is 8.82. The van der Waals surface area contributed by atoms with Crippen molar-refractivity contribution in [3.63, 3.8) is 0 Å². The largest absolute Gasteiger partial charge is 0.534 e. The average molecular weight is 366 g/mol. The highest BCUT2D eigenvalue weighted by Gasteiger charge is 2.48. The third-order valence-corrected chi connectivity index (χ3v) is 5.13. The molecule has 0 spiro atoms. The first-order chi connectivity index (χ1) is 11.1. The van der Waals surface area contributed by atoms with E-state index in [0.717, 1.165) is 31.2 Å². The summed E-state index contributed by atoms with van der Waals surface area (Å²) in [6.07, 6.45) is 3.28. The van der Waals surface area contributed by atoms with E-state index in [2.05, 4.69) is 4.18 Å². The second-order valence-corrected chi connectivity index (χ2v) is 7.41. The van der Waals surface area contributed by atoms with Crippen LogP contribution in [0.1, 0.15) is 43.6 Å². The zero-order valence-electron chi connectivity index (χ0n) is 12.6. The van der Waals surface area contributed by atoms with E-state index < -0.39 is 27.3 Å². The van der Waals surface area contributed by atoms with Crippen LogP contribution in [0.25, 0.3) is 0 Å². The number of hydrogen-bond donors (Lipinski definition) is 1. The van der Waals surface area contributed by atoms with Crippen molar-refractivity contribution in [2.45, 2.75) is 43.5 Å². The molecular weight excluding hydrogens is 349 g/mol. The first-order valence-electron chi connectivity index (χ1n) is 7.41. The van der Waals surface area contributed by atoms with Crippen molar-refractivity contribution in [2.24, 2.45) is 5.92 Å². The first kappa shape index (κ1) is 18.6. The van der Waals surface area contributed by atoms with Gasteiger partial charge in [0.05, 0.1) is 0 Å². The van der Waals surface area contributed by atoms with Crippen molar-refractivity contribution >= 4 is 16.1 Å². The van der Waals surface area contributed by atoms with Crippen molar-refractivity contribution in [3.05, 3.63) is 29.8 Å². The van der Waals surface area contributed by atoms with Crippen LogP contribution in [-0.4, -0.2) is 25.0 Å². The number of alkyl halides is 3. The fraction of sp³-hybridized carbons (Fsp3) is 0.533. The summed E-state index contributed by atoms with van der Waals surface area (Å²) < 4.78 is 62.7. The summed E-state index contributed by atoms with van der Waals surface area (Å²) in [5, 5.41) is 8.79. The molecule has 0 aliphatic heterocycles. The van der Waals surface area contributed by atoms with Gasteiger partial charge in [-0.25, -0.2) is 0 Å². The normalized spacial score (nSPS) is 22.1. The molecule has 1 saturated carbocycles. The topological polar surface area (TPSA) is 80.7 Å². The van der Waals surface area contributed by atoms with E-state index in [1.807, 2.05) is 0 Å². The second-order valence-electron chi connectivity index (χ2n) is 5.87. The van der Waals surface area contributed by atoms with Crippen LogP contribution in [0.3, 0.4) is 0 Å². The minimum Gasteiger partial charge on any atom is -0.481 e. The molecule has 0 aromatic heterocycles. The van der Waals surface area contributed by atoms with Gasteiger partial charge in [-0.05, 0) is 55.2 Å². The van der Waals surface area contributed by atoms with E-state index in [9.17, 15) is 26.4 Å². The Morgan fingerprint density at radius 1 is 1.12 bits per heavy atom. The average Bonchev–Trinajstić information content (AvgIpc) is 2.47. The number of carboxylic acids is 1. The lowest BCUT2D eigenvalue weighted by atomic mass is 9.77. The Morgan fingerprint density at radius 2 is 1.67 bits per heavy atom. The highest BCUT2D eigenvalue weighted by Crippen LogP contribution is 2.37. The van der Waals surface area contributed by atoms with Crippen LogP contribution in [-0.2, 0) is 14.9 Å². The standard InChI is InChI=1S/C15H17F3O5S/c16-15(17,18)24(21,22)23-13-7-5-12(6-8-13)11-3-1-10(2-4-11)9-14(19)20/h5-8,10-11H,1-4,9H2,(H,19,20)/t10-,11-. The molecule has 1 aromatic carbocycles. The molecule has 24 heavy (non-hydrogen) atoms. The van der Waals surface area contributed by atoms with Crippen LogP contribution in [0, 0.1) is 5.92 Å². The summed E-state index contributed by atoms with van der Waals surface area (Å²) in [6.45, 7) is 0. The smallest absolute Gasteiger partial charge is 0.481 e. The predicted molar refractivity (Wildman–Crippen MR) is 79.0 cm³/mol. The molecular formula is C15H17F3O5S.